The number of ether oxygens (including phenoxy) is 3. The second-order valence-electron chi connectivity index (χ2n) is 7.26. The Hall–Kier alpha value is -3.00. The zero-order valence-corrected chi connectivity index (χ0v) is 19.7. The van der Waals surface area contributed by atoms with Crippen molar-refractivity contribution in [1.29, 1.82) is 0 Å². The van der Waals surface area contributed by atoms with Crippen LogP contribution in [0.15, 0.2) is 52.7 Å². The molecule has 0 aliphatic carbocycles. The smallest absolute Gasteiger partial charge is 0.242 e. The van der Waals surface area contributed by atoms with Gasteiger partial charge in [-0.25, -0.2) is 0 Å². The molecule has 0 spiro atoms. The molecule has 1 heterocycles. The van der Waals surface area contributed by atoms with Crippen molar-refractivity contribution in [2.75, 3.05) is 21.3 Å². The Kier molecular flexibility index (Phi) is 8.56. The van der Waals surface area contributed by atoms with E-state index >= 15 is 0 Å². The molecule has 0 N–H and O–H groups in total. The predicted molar refractivity (Wildman–Crippen MR) is 129 cm³/mol. The van der Waals surface area contributed by atoms with E-state index in [1.54, 1.807) is 32.4 Å². The van der Waals surface area contributed by atoms with Gasteiger partial charge in [0.25, 0.3) is 0 Å². The second kappa shape index (κ2) is 11.6. The Morgan fingerprint density at radius 2 is 1.78 bits per heavy atom. The lowest BCUT2D eigenvalue weighted by atomic mass is 10.1. The fourth-order valence-electron chi connectivity index (χ4n) is 3.30. The number of amides is 1. The first-order valence-corrected chi connectivity index (χ1v) is 11.4. The summed E-state index contributed by atoms with van der Waals surface area (Å²) < 4.78 is 15.8. The fraction of sp³-hybridized carbons (Fsp3) is 0.375. The number of thioether (sulfide) groups is 1. The molecule has 0 radical (unpaired) electrons. The molecular weight excluding hydrogens is 426 g/mol. The number of amidine groups is 1. The Labute approximate surface area is 193 Å². The Bertz CT molecular complexity index is 976. The average molecular weight is 456 g/mol. The quantitative estimate of drug-likeness (QED) is 0.382. The molecule has 1 aliphatic rings. The minimum Gasteiger partial charge on any atom is -0.497 e. The van der Waals surface area contributed by atoms with E-state index in [0.717, 1.165) is 36.1 Å². The highest BCUT2D eigenvalue weighted by Gasteiger charge is 2.37. The number of unbranched alkanes of at least 4 members (excludes halogenated alkanes) is 1. The van der Waals surface area contributed by atoms with Gasteiger partial charge in [-0.1, -0.05) is 43.7 Å². The molecule has 1 aliphatic heterocycles. The second-order valence-corrected chi connectivity index (χ2v) is 8.43. The molecule has 0 saturated carbocycles. The van der Waals surface area contributed by atoms with Crippen LogP contribution < -0.4 is 14.2 Å². The summed E-state index contributed by atoms with van der Waals surface area (Å²) >= 11 is 1.49. The summed E-state index contributed by atoms with van der Waals surface area (Å²) in [5, 5.41) is 9.14. The number of benzene rings is 2. The average Bonchev–Trinajstić information content (AvgIpc) is 3.12. The minimum absolute atomic E-state index is 0.0827. The van der Waals surface area contributed by atoms with Gasteiger partial charge in [-0.3, -0.25) is 9.69 Å². The monoisotopic (exact) mass is 455 g/mol. The SMILES string of the molecule is CCCCC1S/C(=N\N=C\c2ccc(OC)c(OC)c2)N(Cc2ccc(OC)cc2)C1=O. The van der Waals surface area contributed by atoms with E-state index in [-0.39, 0.29) is 11.2 Å². The van der Waals surface area contributed by atoms with Crippen molar-refractivity contribution in [3.05, 3.63) is 53.6 Å². The molecule has 8 heteroatoms. The summed E-state index contributed by atoms with van der Waals surface area (Å²) in [5.74, 6) is 2.14. The third kappa shape index (κ3) is 5.82. The number of rotatable bonds is 10. The lowest BCUT2D eigenvalue weighted by Crippen LogP contribution is -2.31. The van der Waals surface area contributed by atoms with Crippen LogP contribution in [-0.2, 0) is 11.3 Å². The van der Waals surface area contributed by atoms with E-state index in [4.69, 9.17) is 14.2 Å². The molecule has 0 bridgehead atoms. The highest BCUT2D eigenvalue weighted by Crippen LogP contribution is 2.32. The van der Waals surface area contributed by atoms with Crippen LogP contribution in [0.3, 0.4) is 0 Å². The van der Waals surface area contributed by atoms with Crippen molar-refractivity contribution in [3.63, 3.8) is 0 Å². The normalized spacial score (nSPS) is 17.4. The number of hydrogen-bond donors (Lipinski definition) is 0. The van der Waals surface area contributed by atoms with Crippen LogP contribution in [-0.4, -0.2) is 48.8 Å². The van der Waals surface area contributed by atoms with Crippen LogP contribution in [0.2, 0.25) is 0 Å². The molecule has 7 nitrogen and oxygen atoms in total. The summed E-state index contributed by atoms with van der Waals surface area (Å²) in [7, 11) is 4.82. The van der Waals surface area contributed by atoms with Crippen LogP contribution >= 0.6 is 11.8 Å². The third-order valence-corrected chi connectivity index (χ3v) is 6.33. The van der Waals surface area contributed by atoms with E-state index in [9.17, 15) is 4.79 Å². The zero-order valence-electron chi connectivity index (χ0n) is 18.9. The molecule has 1 amide bonds. The molecule has 0 aromatic heterocycles. The van der Waals surface area contributed by atoms with Crippen molar-refractivity contribution < 1.29 is 19.0 Å². The van der Waals surface area contributed by atoms with Crippen LogP contribution in [0.25, 0.3) is 0 Å². The maximum Gasteiger partial charge on any atom is 0.242 e. The third-order valence-electron chi connectivity index (χ3n) is 5.10. The topological polar surface area (TPSA) is 72.7 Å². The first-order chi connectivity index (χ1) is 15.6. The van der Waals surface area contributed by atoms with Gasteiger partial charge in [0.1, 0.15) is 5.75 Å². The molecule has 1 fully saturated rings. The molecule has 3 rings (SSSR count). The van der Waals surface area contributed by atoms with Gasteiger partial charge in [-0.05, 0) is 47.9 Å². The van der Waals surface area contributed by atoms with Gasteiger partial charge in [-0.2, -0.15) is 5.10 Å². The molecule has 2 aromatic carbocycles. The van der Waals surface area contributed by atoms with Gasteiger partial charge >= 0.3 is 0 Å². The summed E-state index contributed by atoms with van der Waals surface area (Å²) in [4.78, 5) is 14.8. The summed E-state index contributed by atoms with van der Waals surface area (Å²) in [6.45, 7) is 2.57. The number of methoxy groups -OCH3 is 3. The van der Waals surface area contributed by atoms with Crippen LogP contribution in [0.1, 0.15) is 37.3 Å². The lowest BCUT2D eigenvalue weighted by molar-refractivity contribution is -0.126. The first kappa shape index (κ1) is 23.7. The Balaban J connectivity index is 1.80. The van der Waals surface area contributed by atoms with E-state index in [2.05, 4.69) is 17.1 Å². The van der Waals surface area contributed by atoms with Gasteiger partial charge in [0.05, 0.1) is 39.3 Å². The van der Waals surface area contributed by atoms with E-state index in [1.165, 1.54) is 11.8 Å². The van der Waals surface area contributed by atoms with E-state index in [0.29, 0.717) is 23.2 Å². The zero-order chi connectivity index (χ0) is 22.9. The van der Waals surface area contributed by atoms with Crippen molar-refractivity contribution in [2.24, 2.45) is 10.2 Å². The van der Waals surface area contributed by atoms with Gasteiger partial charge in [0.15, 0.2) is 16.7 Å². The molecule has 1 saturated heterocycles. The molecule has 32 heavy (non-hydrogen) atoms. The minimum atomic E-state index is -0.122. The Morgan fingerprint density at radius 1 is 1.03 bits per heavy atom. The molecule has 1 atom stereocenters. The van der Waals surface area contributed by atoms with Crippen molar-refractivity contribution >= 4 is 29.1 Å². The van der Waals surface area contributed by atoms with Crippen LogP contribution in [0, 0.1) is 0 Å². The first-order valence-electron chi connectivity index (χ1n) is 10.5. The Morgan fingerprint density at radius 3 is 2.44 bits per heavy atom. The lowest BCUT2D eigenvalue weighted by Gasteiger charge is -2.16. The van der Waals surface area contributed by atoms with Crippen LogP contribution in [0.5, 0.6) is 17.2 Å². The summed E-state index contributed by atoms with van der Waals surface area (Å²) in [6, 6.07) is 13.2. The molecule has 170 valence electrons. The standard InChI is InChI=1S/C24H29N3O4S/c1-5-6-7-22-23(28)27(16-17-8-11-19(29-2)12-9-17)24(32-22)26-25-15-18-10-13-20(30-3)21(14-18)31-4/h8-15,22H,5-7,16H2,1-4H3/b25-15+,26-24-. The maximum atomic E-state index is 13.1. The van der Waals surface area contributed by atoms with Crippen molar-refractivity contribution in [3.8, 4) is 17.2 Å². The number of carbonyl (C=O) groups excluding carboxylic acids is 1. The van der Waals surface area contributed by atoms with Gasteiger partial charge < -0.3 is 14.2 Å². The van der Waals surface area contributed by atoms with E-state index in [1.807, 2.05) is 42.5 Å². The van der Waals surface area contributed by atoms with Crippen molar-refractivity contribution in [2.45, 2.75) is 38.0 Å². The molecule has 1 unspecified atom stereocenters. The maximum absolute atomic E-state index is 13.1. The van der Waals surface area contributed by atoms with Gasteiger partial charge in [0.2, 0.25) is 5.91 Å². The summed E-state index contributed by atoms with van der Waals surface area (Å²) in [5.41, 5.74) is 1.83. The highest BCUT2D eigenvalue weighted by atomic mass is 32.2. The van der Waals surface area contributed by atoms with E-state index < -0.39 is 0 Å². The van der Waals surface area contributed by atoms with Crippen molar-refractivity contribution in [1.82, 2.24) is 4.90 Å². The van der Waals surface area contributed by atoms with Gasteiger partial charge in [0, 0.05) is 0 Å². The number of nitrogens with zero attached hydrogens (tertiary/aromatic N) is 3. The van der Waals surface area contributed by atoms with Crippen LogP contribution in [0.4, 0.5) is 0 Å². The largest absolute Gasteiger partial charge is 0.497 e. The highest BCUT2D eigenvalue weighted by molar-refractivity contribution is 8.15. The van der Waals surface area contributed by atoms with Gasteiger partial charge in [-0.15, -0.1) is 5.10 Å². The molecule has 2 aromatic rings. The summed E-state index contributed by atoms with van der Waals surface area (Å²) in [6.07, 6.45) is 4.52. The number of carbonyl (C=O) groups is 1. The molecular formula is C24H29N3O4S. The predicted octanol–water partition coefficient (Wildman–Crippen LogP) is 4.74. The fourth-order valence-corrected chi connectivity index (χ4v) is 4.44. The number of hydrogen-bond acceptors (Lipinski definition) is 7.